The van der Waals surface area contributed by atoms with E-state index in [9.17, 15) is 0 Å². The van der Waals surface area contributed by atoms with Crippen LogP contribution in [0.4, 0.5) is 0 Å². The number of aliphatic hydroxyl groups excluding tert-OH is 1. The summed E-state index contributed by atoms with van der Waals surface area (Å²) in [4.78, 5) is 2.18. The molecule has 0 bridgehead atoms. The molecule has 2 rings (SSSR count). The zero-order valence-electron chi connectivity index (χ0n) is 13.4. The van der Waals surface area contributed by atoms with Crippen LogP contribution in [0.5, 0.6) is 5.75 Å². The number of hydrogen-bond acceptors (Lipinski definition) is 4. The minimum Gasteiger partial charge on any atom is -0.489 e. The number of nitriles is 1. The van der Waals surface area contributed by atoms with Crippen LogP contribution in [0.15, 0.2) is 48.5 Å². The highest BCUT2D eigenvalue weighted by molar-refractivity contribution is 5.33. The summed E-state index contributed by atoms with van der Waals surface area (Å²) >= 11 is 0. The van der Waals surface area contributed by atoms with Gasteiger partial charge in [0.25, 0.3) is 0 Å². The fourth-order valence-corrected chi connectivity index (χ4v) is 2.38. The summed E-state index contributed by atoms with van der Waals surface area (Å²) in [6.45, 7) is 5.04. The molecule has 0 amide bonds. The third-order valence-corrected chi connectivity index (χ3v) is 3.63. The second-order valence-corrected chi connectivity index (χ2v) is 5.34. The predicted octanol–water partition coefficient (Wildman–Crippen LogP) is 2.95. The standard InChI is InChI=1S/C19H22N2O2/c1-2-21(9-10-22)14-17-6-4-8-19(12-17)23-15-18-7-3-5-16(11-18)13-20/h3-8,11-12,22H,2,9-10,14-15H2,1H3. The highest BCUT2D eigenvalue weighted by Gasteiger charge is 2.04. The number of rotatable bonds is 8. The van der Waals surface area contributed by atoms with Gasteiger partial charge in [-0.3, -0.25) is 4.90 Å². The summed E-state index contributed by atoms with van der Waals surface area (Å²) < 4.78 is 5.83. The topological polar surface area (TPSA) is 56.5 Å². The van der Waals surface area contributed by atoms with Crippen molar-refractivity contribution in [1.82, 2.24) is 4.90 Å². The maximum Gasteiger partial charge on any atom is 0.120 e. The lowest BCUT2D eigenvalue weighted by atomic mass is 10.1. The largest absolute Gasteiger partial charge is 0.489 e. The van der Waals surface area contributed by atoms with Gasteiger partial charge in [0.05, 0.1) is 18.2 Å². The van der Waals surface area contributed by atoms with Gasteiger partial charge < -0.3 is 9.84 Å². The Balaban J connectivity index is 1.98. The van der Waals surface area contributed by atoms with Crippen LogP contribution in [0.3, 0.4) is 0 Å². The molecule has 0 spiro atoms. The number of nitrogens with zero attached hydrogens (tertiary/aromatic N) is 2. The molecular formula is C19H22N2O2. The molecule has 0 heterocycles. The molecule has 2 aromatic carbocycles. The van der Waals surface area contributed by atoms with E-state index < -0.39 is 0 Å². The van der Waals surface area contributed by atoms with Gasteiger partial charge in [0, 0.05) is 13.1 Å². The average molecular weight is 310 g/mol. The number of hydrogen-bond donors (Lipinski definition) is 1. The average Bonchev–Trinajstić information content (AvgIpc) is 2.60. The Bertz CT molecular complexity index is 664. The third kappa shape index (κ3) is 5.41. The van der Waals surface area contributed by atoms with Crippen LogP contribution in [-0.2, 0) is 13.2 Å². The van der Waals surface area contributed by atoms with E-state index in [4.69, 9.17) is 15.1 Å². The molecule has 1 N–H and O–H groups in total. The van der Waals surface area contributed by atoms with Crippen LogP contribution in [0.1, 0.15) is 23.6 Å². The second-order valence-electron chi connectivity index (χ2n) is 5.34. The first-order valence-corrected chi connectivity index (χ1v) is 7.79. The third-order valence-electron chi connectivity index (χ3n) is 3.63. The molecule has 2 aromatic rings. The van der Waals surface area contributed by atoms with Gasteiger partial charge >= 0.3 is 0 Å². The quantitative estimate of drug-likeness (QED) is 0.814. The van der Waals surface area contributed by atoms with Gasteiger partial charge in [0.15, 0.2) is 0 Å². The summed E-state index contributed by atoms with van der Waals surface area (Å²) in [6, 6.07) is 17.6. The van der Waals surface area contributed by atoms with Gasteiger partial charge in [-0.05, 0) is 41.9 Å². The molecule has 0 fully saturated rings. The van der Waals surface area contributed by atoms with E-state index in [2.05, 4.69) is 24.0 Å². The Hall–Kier alpha value is -2.35. The second kappa shape index (κ2) is 8.94. The van der Waals surface area contributed by atoms with Crippen molar-refractivity contribution in [3.63, 3.8) is 0 Å². The molecule has 4 nitrogen and oxygen atoms in total. The Morgan fingerprint density at radius 1 is 1.13 bits per heavy atom. The maximum absolute atomic E-state index is 9.06. The van der Waals surface area contributed by atoms with E-state index >= 15 is 0 Å². The summed E-state index contributed by atoms with van der Waals surface area (Å²) in [7, 11) is 0. The van der Waals surface area contributed by atoms with Crippen molar-refractivity contribution < 1.29 is 9.84 Å². The molecule has 0 radical (unpaired) electrons. The minimum atomic E-state index is 0.166. The molecule has 0 aromatic heterocycles. The lowest BCUT2D eigenvalue weighted by Crippen LogP contribution is -2.26. The van der Waals surface area contributed by atoms with Crippen molar-refractivity contribution in [2.75, 3.05) is 19.7 Å². The zero-order chi connectivity index (χ0) is 16.5. The predicted molar refractivity (Wildman–Crippen MR) is 90.0 cm³/mol. The first kappa shape index (κ1) is 17.0. The lowest BCUT2D eigenvalue weighted by Gasteiger charge is -2.19. The summed E-state index contributed by atoms with van der Waals surface area (Å²) in [5.41, 5.74) is 2.77. The molecule has 0 aliphatic heterocycles. The van der Waals surface area contributed by atoms with Crippen LogP contribution < -0.4 is 4.74 Å². The molecule has 0 saturated heterocycles. The number of likely N-dealkylation sites (N-methyl/N-ethyl adjacent to an activating group) is 1. The minimum absolute atomic E-state index is 0.166. The van der Waals surface area contributed by atoms with Crippen molar-refractivity contribution in [3.05, 3.63) is 65.2 Å². The molecule has 0 unspecified atom stereocenters. The van der Waals surface area contributed by atoms with Gasteiger partial charge in [-0.25, -0.2) is 0 Å². The summed E-state index contributed by atoms with van der Waals surface area (Å²) in [6.07, 6.45) is 0. The number of ether oxygens (including phenoxy) is 1. The van der Waals surface area contributed by atoms with Crippen molar-refractivity contribution >= 4 is 0 Å². The summed E-state index contributed by atoms with van der Waals surface area (Å²) in [5.74, 6) is 0.810. The van der Waals surface area contributed by atoms with Crippen LogP contribution in [0, 0.1) is 11.3 Å². The molecule has 0 saturated carbocycles. The molecular weight excluding hydrogens is 288 g/mol. The van der Waals surface area contributed by atoms with Gasteiger partial charge in [-0.1, -0.05) is 31.2 Å². The SMILES string of the molecule is CCN(CCO)Cc1cccc(OCc2cccc(C#N)c2)c1. The first-order chi connectivity index (χ1) is 11.2. The van der Waals surface area contributed by atoms with Crippen molar-refractivity contribution in [2.45, 2.75) is 20.1 Å². The van der Waals surface area contributed by atoms with Crippen molar-refractivity contribution in [2.24, 2.45) is 0 Å². The van der Waals surface area contributed by atoms with Gasteiger partial charge in [-0.2, -0.15) is 5.26 Å². The molecule has 120 valence electrons. The zero-order valence-corrected chi connectivity index (χ0v) is 13.4. The fourth-order valence-electron chi connectivity index (χ4n) is 2.38. The van der Waals surface area contributed by atoms with E-state index in [-0.39, 0.29) is 6.61 Å². The van der Waals surface area contributed by atoms with E-state index in [1.54, 1.807) is 6.07 Å². The van der Waals surface area contributed by atoms with E-state index in [1.807, 2.05) is 36.4 Å². The normalized spacial score (nSPS) is 10.5. The van der Waals surface area contributed by atoms with Gasteiger partial charge in [-0.15, -0.1) is 0 Å². The number of aliphatic hydroxyl groups is 1. The Labute approximate surface area is 137 Å². The highest BCUT2D eigenvalue weighted by atomic mass is 16.5. The lowest BCUT2D eigenvalue weighted by molar-refractivity contribution is 0.196. The molecule has 0 atom stereocenters. The van der Waals surface area contributed by atoms with E-state index in [1.165, 1.54) is 0 Å². The molecule has 0 aliphatic carbocycles. The Kier molecular flexibility index (Phi) is 6.61. The van der Waals surface area contributed by atoms with Crippen LogP contribution >= 0.6 is 0 Å². The first-order valence-electron chi connectivity index (χ1n) is 7.79. The monoisotopic (exact) mass is 310 g/mol. The smallest absolute Gasteiger partial charge is 0.120 e. The molecule has 4 heteroatoms. The van der Waals surface area contributed by atoms with Gasteiger partial charge in [0.1, 0.15) is 12.4 Å². The van der Waals surface area contributed by atoms with Crippen LogP contribution in [-0.4, -0.2) is 29.7 Å². The number of benzene rings is 2. The summed E-state index contributed by atoms with van der Waals surface area (Å²) in [5, 5.41) is 18.0. The Morgan fingerprint density at radius 3 is 2.65 bits per heavy atom. The maximum atomic E-state index is 9.06. The molecule has 23 heavy (non-hydrogen) atoms. The van der Waals surface area contributed by atoms with Crippen LogP contribution in [0.2, 0.25) is 0 Å². The van der Waals surface area contributed by atoms with E-state index in [0.717, 1.165) is 30.0 Å². The van der Waals surface area contributed by atoms with Crippen molar-refractivity contribution in [3.8, 4) is 11.8 Å². The highest BCUT2D eigenvalue weighted by Crippen LogP contribution is 2.17. The van der Waals surface area contributed by atoms with E-state index in [0.29, 0.717) is 18.7 Å². The van der Waals surface area contributed by atoms with Gasteiger partial charge in [0.2, 0.25) is 0 Å². The van der Waals surface area contributed by atoms with Crippen LogP contribution in [0.25, 0.3) is 0 Å². The van der Waals surface area contributed by atoms with Crippen molar-refractivity contribution in [1.29, 1.82) is 5.26 Å². The molecule has 0 aliphatic rings. The Morgan fingerprint density at radius 2 is 1.91 bits per heavy atom. The fraction of sp³-hybridized carbons (Fsp3) is 0.316.